The lowest BCUT2D eigenvalue weighted by atomic mass is 9.92. The summed E-state index contributed by atoms with van der Waals surface area (Å²) >= 11 is 0. The molecule has 3 N–H and O–H groups in total. The standard InChI is InChI=1S/C20H21F7N4O3S/c1-2-13-11-30(35(33,34)15-9-16(21)17(28)29-10-15)7-8-31(13)14-5-3-12(4-6-14)18(32,19(22,23)24)20(25,26)27/h3-6,9-10,13,32H,2,7-8,11H2,1H3,(H2,28,29)/t13-/m0/s1. The Morgan fingerprint density at radius 3 is 2.14 bits per heavy atom. The number of sulfonamides is 1. The van der Waals surface area contributed by atoms with E-state index in [4.69, 9.17) is 5.73 Å². The van der Waals surface area contributed by atoms with Crippen molar-refractivity contribution < 1.29 is 44.3 Å². The van der Waals surface area contributed by atoms with Crippen LogP contribution in [0.4, 0.5) is 42.2 Å². The molecule has 1 aromatic heterocycles. The Morgan fingerprint density at radius 1 is 1.09 bits per heavy atom. The van der Waals surface area contributed by atoms with E-state index in [1.807, 2.05) is 0 Å². The van der Waals surface area contributed by atoms with Gasteiger partial charge in [0.05, 0.1) is 0 Å². The Bertz CT molecular complexity index is 1160. The first-order chi connectivity index (χ1) is 16.0. The molecule has 0 amide bonds. The molecule has 2 aromatic rings. The SMILES string of the molecule is CC[C@H]1CN(S(=O)(=O)c2cnc(N)c(F)c2)CCN1c1ccc(C(O)(C(F)(F)F)C(F)(F)F)cc1. The van der Waals surface area contributed by atoms with Crippen LogP contribution in [-0.2, 0) is 15.6 Å². The van der Waals surface area contributed by atoms with Crippen LogP contribution in [0.2, 0.25) is 0 Å². The molecular formula is C20H21F7N4O3S. The maximum Gasteiger partial charge on any atom is 0.430 e. The molecule has 1 fully saturated rings. The summed E-state index contributed by atoms with van der Waals surface area (Å²) < 4.78 is 119. The van der Waals surface area contributed by atoms with Gasteiger partial charge in [-0.05, 0) is 24.6 Å². The molecule has 194 valence electrons. The van der Waals surface area contributed by atoms with Gasteiger partial charge in [0, 0.05) is 43.1 Å². The largest absolute Gasteiger partial charge is 0.430 e. The molecule has 7 nitrogen and oxygen atoms in total. The third kappa shape index (κ3) is 4.76. The highest BCUT2D eigenvalue weighted by molar-refractivity contribution is 7.89. The van der Waals surface area contributed by atoms with Crippen LogP contribution in [0.15, 0.2) is 41.4 Å². The number of hydrogen-bond acceptors (Lipinski definition) is 6. The number of aliphatic hydroxyl groups is 1. The van der Waals surface area contributed by atoms with Crippen LogP contribution in [0.5, 0.6) is 0 Å². The van der Waals surface area contributed by atoms with Gasteiger partial charge in [0.25, 0.3) is 5.60 Å². The molecule has 0 aliphatic carbocycles. The summed E-state index contributed by atoms with van der Waals surface area (Å²) in [6.45, 7) is 1.59. The molecule has 0 bridgehead atoms. The van der Waals surface area contributed by atoms with Crippen molar-refractivity contribution in [1.82, 2.24) is 9.29 Å². The second kappa shape index (κ2) is 9.09. The number of nitrogen functional groups attached to an aromatic ring is 1. The monoisotopic (exact) mass is 530 g/mol. The smallest absolute Gasteiger partial charge is 0.381 e. The van der Waals surface area contributed by atoms with E-state index < -0.39 is 56.1 Å². The van der Waals surface area contributed by atoms with Crippen molar-refractivity contribution in [3.63, 3.8) is 0 Å². The highest BCUT2D eigenvalue weighted by Gasteiger charge is 2.71. The number of piperazine rings is 1. The number of anilines is 2. The summed E-state index contributed by atoms with van der Waals surface area (Å²) in [7, 11) is -4.14. The molecular weight excluding hydrogens is 509 g/mol. The van der Waals surface area contributed by atoms with Gasteiger partial charge in [-0.2, -0.15) is 30.6 Å². The molecule has 1 saturated heterocycles. The Balaban J connectivity index is 1.86. The van der Waals surface area contributed by atoms with E-state index in [0.29, 0.717) is 18.6 Å². The minimum absolute atomic E-state index is 0.0464. The number of nitrogens with two attached hydrogens (primary N) is 1. The van der Waals surface area contributed by atoms with Gasteiger partial charge < -0.3 is 15.7 Å². The average Bonchev–Trinajstić information content (AvgIpc) is 2.78. The highest BCUT2D eigenvalue weighted by atomic mass is 32.2. The summed E-state index contributed by atoms with van der Waals surface area (Å²) in [5.74, 6) is -1.47. The van der Waals surface area contributed by atoms with Crippen LogP contribution in [0.25, 0.3) is 0 Å². The topological polar surface area (TPSA) is 99.8 Å². The summed E-state index contributed by atoms with van der Waals surface area (Å²) in [6, 6.07) is 3.32. The summed E-state index contributed by atoms with van der Waals surface area (Å²) in [4.78, 5) is 4.74. The fraction of sp³-hybridized carbons (Fsp3) is 0.450. The van der Waals surface area contributed by atoms with Crippen LogP contribution in [-0.4, -0.2) is 60.8 Å². The first-order valence-corrected chi connectivity index (χ1v) is 11.6. The van der Waals surface area contributed by atoms with E-state index in [1.54, 1.807) is 11.8 Å². The van der Waals surface area contributed by atoms with E-state index in [9.17, 15) is 44.3 Å². The maximum atomic E-state index is 13.7. The molecule has 1 atom stereocenters. The Hall–Kier alpha value is -2.65. The molecule has 3 rings (SSSR count). The average molecular weight is 530 g/mol. The van der Waals surface area contributed by atoms with Crippen molar-refractivity contribution in [1.29, 1.82) is 0 Å². The first-order valence-electron chi connectivity index (χ1n) is 10.2. The molecule has 0 unspecified atom stereocenters. The molecule has 1 aromatic carbocycles. The van der Waals surface area contributed by atoms with Gasteiger partial charge in [-0.25, -0.2) is 17.8 Å². The van der Waals surface area contributed by atoms with Gasteiger partial charge >= 0.3 is 12.4 Å². The molecule has 35 heavy (non-hydrogen) atoms. The van der Waals surface area contributed by atoms with E-state index >= 15 is 0 Å². The van der Waals surface area contributed by atoms with E-state index in [-0.39, 0.29) is 25.3 Å². The Labute approximate surface area is 196 Å². The fourth-order valence-electron chi connectivity index (χ4n) is 3.84. The Kier molecular flexibility index (Phi) is 7.00. The van der Waals surface area contributed by atoms with Gasteiger partial charge in [0.2, 0.25) is 10.0 Å². The third-order valence-corrected chi connectivity index (χ3v) is 7.67. The predicted octanol–water partition coefficient (Wildman–Crippen LogP) is 3.40. The molecule has 1 aliphatic rings. The normalized spacial score (nSPS) is 18.7. The van der Waals surface area contributed by atoms with Crippen LogP contribution in [0.1, 0.15) is 18.9 Å². The number of nitrogens with zero attached hydrogens (tertiary/aromatic N) is 3. The third-order valence-electron chi connectivity index (χ3n) is 5.84. The zero-order valence-electron chi connectivity index (χ0n) is 18.1. The summed E-state index contributed by atoms with van der Waals surface area (Å²) in [5.41, 5.74) is -0.919. The number of hydrogen-bond donors (Lipinski definition) is 2. The molecule has 2 heterocycles. The van der Waals surface area contributed by atoms with Crippen LogP contribution in [0, 0.1) is 5.82 Å². The first kappa shape index (κ1) is 26.9. The van der Waals surface area contributed by atoms with Crippen molar-refractivity contribution in [2.24, 2.45) is 0 Å². The maximum absolute atomic E-state index is 13.7. The second-order valence-corrected chi connectivity index (χ2v) is 9.85. The lowest BCUT2D eigenvalue weighted by Crippen LogP contribution is -2.55. The molecule has 0 radical (unpaired) electrons. The van der Waals surface area contributed by atoms with Crippen molar-refractivity contribution in [3.05, 3.63) is 47.9 Å². The van der Waals surface area contributed by atoms with Crippen LogP contribution >= 0.6 is 0 Å². The number of aromatic nitrogens is 1. The van der Waals surface area contributed by atoms with E-state index in [0.717, 1.165) is 28.7 Å². The second-order valence-electron chi connectivity index (χ2n) is 7.91. The minimum atomic E-state index is -6.00. The van der Waals surface area contributed by atoms with Gasteiger partial charge in [0.1, 0.15) is 4.90 Å². The van der Waals surface area contributed by atoms with E-state index in [2.05, 4.69) is 4.98 Å². The van der Waals surface area contributed by atoms with Crippen molar-refractivity contribution in [2.45, 2.75) is 42.2 Å². The number of rotatable bonds is 5. The molecule has 15 heteroatoms. The van der Waals surface area contributed by atoms with Crippen molar-refractivity contribution >= 4 is 21.5 Å². The Morgan fingerprint density at radius 2 is 1.66 bits per heavy atom. The number of alkyl halides is 6. The number of halogens is 7. The van der Waals surface area contributed by atoms with Crippen molar-refractivity contribution in [3.8, 4) is 0 Å². The summed E-state index contributed by atoms with van der Waals surface area (Å²) in [5, 5.41) is 9.55. The fourth-order valence-corrected chi connectivity index (χ4v) is 5.26. The number of pyridine rings is 1. The quantitative estimate of drug-likeness (QED) is 0.575. The van der Waals surface area contributed by atoms with Crippen molar-refractivity contribution in [2.75, 3.05) is 30.3 Å². The molecule has 1 aliphatic heterocycles. The lowest BCUT2D eigenvalue weighted by molar-refractivity contribution is -0.376. The van der Waals surface area contributed by atoms with Crippen LogP contribution in [0.3, 0.4) is 0 Å². The van der Waals surface area contributed by atoms with Gasteiger partial charge in [-0.1, -0.05) is 19.1 Å². The van der Waals surface area contributed by atoms with E-state index in [1.165, 1.54) is 0 Å². The van der Waals surface area contributed by atoms with Gasteiger partial charge in [0.15, 0.2) is 11.6 Å². The van der Waals surface area contributed by atoms with Gasteiger partial charge in [-0.15, -0.1) is 0 Å². The molecule has 0 saturated carbocycles. The number of benzene rings is 1. The zero-order valence-corrected chi connectivity index (χ0v) is 18.9. The lowest BCUT2D eigenvalue weighted by Gasteiger charge is -2.42. The molecule has 0 spiro atoms. The van der Waals surface area contributed by atoms with Gasteiger partial charge in [-0.3, -0.25) is 0 Å². The minimum Gasteiger partial charge on any atom is -0.381 e. The van der Waals surface area contributed by atoms with Crippen LogP contribution < -0.4 is 10.6 Å². The zero-order chi connectivity index (χ0) is 26.4. The predicted molar refractivity (Wildman–Crippen MR) is 111 cm³/mol. The summed E-state index contributed by atoms with van der Waals surface area (Å²) in [6.07, 6.45) is -10.7. The highest BCUT2D eigenvalue weighted by Crippen LogP contribution is 2.50.